The number of likely N-dealkylation sites (N-methyl/N-ethyl adjacent to an activating group) is 1. The average Bonchev–Trinajstić information content (AvgIpc) is 3.78. The summed E-state index contributed by atoms with van der Waals surface area (Å²) in [4.78, 5) is 41.3. The van der Waals surface area contributed by atoms with Gasteiger partial charge in [-0.25, -0.2) is 0 Å². The highest BCUT2D eigenvalue weighted by atomic mass is 16.5. The number of nitrogens with one attached hydrogen (secondary N) is 1. The number of Topliss-reactive ketones (excluding diaryl/α,β-unsaturated/α-hetero) is 2. The third-order valence-electron chi connectivity index (χ3n) is 9.33. The van der Waals surface area contributed by atoms with E-state index in [9.17, 15) is 34.8 Å². The summed E-state index contributed by atoms with van der Waals surface area (Å²) in [5.74, 6) is -6.22. The number of ketones is 2. The van der Waals surface area contributed by atoms with Crippen molar-refractivity contribution >= 4 is 17.5 Å². The molecule has 1 amide bonds. The first kappa shape index (κ1) is 28.9. The number of methoxy groups -OCH3 is 1. The van der Waals surface area contributed by atoms with E-state index in [1.165, 1.54) is 11.0 Å². The molecule has 6 rings (SSSR count). The van der Waals surface area contributed by atoms with Gasteiger partial charge in [0.05, 0.1) is 18.7 Å². The minimum atomic E-state index is -2.68. The topological polar surface area (TPSA) is 183 Å². The first-order valence-electron chi connectivity index (χ1n) is 14.3. The molecule has 0 unspecified atom stereocenters. The van der Waals surface area contributed by atoms with E-state index in [2.05, 4.69) is 5.32 Å². The van der Waals surface area contributed by atoms with E-state index >= 15 is 0 Å². The van der Waals surface area contributed by atoms with Gasteiger partial charge in [-0.3, -0.25) is 19.3 Å². The minimum absolute atomic E-state index is 0.0172. The van der Waals surface area contributed by atoms with Gasteiger partial charge in [0.25, 0.3) is 5.91 Å². The largest absolute Gasteiger partial charge is 0.510 e. The molecule has 1 saturated carbocycles. The van der Waals surface area contributed by atoms with Gasteiger partial charge in [0, 0.05) is 29.6 Å². The number of hydrogen-bond donors (Lipinski definition) is 6. The highest BCUT2D eigenvalue weighted by molar-refractivity contribution is 6.25. The molecule has 11 nitrogen and oxygen atoms in total. The van der Waals surface area contributed by atoms with Crippen molar-refractivity contribution in [1.29, 1.82) is 0 Å². The van der Waals surface area contributed by atoms with E-state index in [1.807, 2.05) is 18.2 Å². The van der Waals surface area contributed by atoms with Crippen LogP contribution < -0.4 is 15.8 Å². The number of benzene rings is 2. The maximum atomic E-state index is 14.1. The molecule has 7 N–H and O–H groups in total. The molecule has 4 aliphatic carbocycles. The Morgan fingerprint density at radius 1 is 1.12 bits per heavy atom. The number of aliphatic hydroxyl groups is 3. The lowest BCUT2D eigenvalue weighted by molar-refractivity contribution is -0.148. The Kier molecular flexibility index (Phi) is 6.87. The molecule has 1 fully saturated rings. The van der Waals surface area contributed by atoms with Crippen molar-refractivity contribution in [3.8, 4) is 22.6 Å². The van der Waals surface area contributed by atoms with Gasteiger partial charge in [0.2, 0.25) is 5.78 Å². The fraction of sp³-hybridized carbons (Fsp3) is 0.406. The number of ether oxygens (including phenoxy) is 1. The van der Waals surface area contributed by atoms with Gasteiger partial charge in [-0.2, -0.15) is 0 Å². The second kappa shape index (κ2) is 10.2. The average molecular weight is 590 g/mol. The van der Waals surface area contributed by atoms with Crippen LogP contribution in [0.25, 0.3) is 11.1 Å². The summed E-state index contributed by atoms with van der Waals surface area (Å²) in [5.41, 5.74) is 4.64. The number of phenolic OH excluding ortho intramolecular Hbond substituents is 1. The Morgan fingerprint density at radius 3 is 2.47 bits per heavy atom. The lowest BCUT2D eigenvalue weighted by atomic mass is 9.58. The molecule has 0 heterocycles. The summed E-state index contributed by atoms with van der Waals surface area (Å²) < 4.78 is 5.68. The molecule has 4 atom stereocenters. The Bertz CT molecular complexity index is 1640. The van der Waals surface area contributed by atoms with Crippen molar-refractivity contribution in [2.24, 2.45) is 17.6 Å². The van der Waals surface area contributed by atoms with Crippen LogP contribution in [0.1, 0.15) is 40.7 Å². The normalized spacial score (nSPS) is 26.8. The number of hydrogen-bond acceptors (Lipinski definition) is 10. The third kappa shape index (κ3) is 4.33. The molecule has 0 aliphatic heterocycles. The van der Waals surface area contributed by atoms with Crippen LogP contribution in [0, 0.1) is 11.8 Å². The lowest BCUT2D eigenvalue weighted by Gasteiger charge is -2.50. The summed E-state index contributed by atoms with van der Waals surface area (Å²) in [6.07, 6.45) is 2.50. The summed E-state index contributed by atoms with van der Waals surface area (Å²) in [7, 11) is 4.75. The maximum absolute atomic E-state index is 14.1. The maximum Gasteiger partial charge on any atom is 0.255 e. The number of primary amides is 1. The highest BCUT2D eigenvalue weighted by Crippen LogP contribution is 2.53. The molecule has 2 aromatic carbocycles. The molecule has 0 spiro atoms. The Balaban J connectivity index is 1.50. The van der Waals surface area contributed by atoms with Crippen LogP contribution in [-0.2, 0) is 22.6 Å². The standard InChI is InChI=1S/C32H35N3O8/c1-35(2)26-20-12-15-11-19-17(18-10-14(4-9-22(18)43-3)13-34-16-5-6-16)7-8-21(36)24(19)27(37)23(15)29(39)32(20,42)30(40)25(28(26)38)31(33)41/h4,7-10,15-16,20,26,34,36,38-39,42H,5-6,11-13H2,1-3H3,(H2,33,41)/t15-,20-,26-,32-/m0/s1. The molecule has 43 heavy (non-hydrogen) atoms. The number of phenols is 1. The van der Waals surface area contributed by atoms with Crippen LogP contribution in [0.2, 0.25) is 0 Å². The number of nitrogens with zero attached hydrogens (tertiary/aromatic N) is 1. The fourth-order valence-corrected chi connectivity index (χ4v) is 7.13. The van der Waals surface area contributed by atoms with Crippen LogP contribution in [0.5, 0.6) is 11.5 Å². The van der Waals surface area contributed by atoms with Crippen molar-refractivity contribution in [2.45, 2.75) is 49.9 Å². The number of carbonyl (C=O) groups is 3. The van der Waals surface area contributed by atoms with E-state index in [-0.39, 0.29) is 29.7 Å². The monoisotopic (exact) mass is 589 g/mol. The van der Waals surface area contributed by atoms with Gasteiger partial charge in [-0.05, 0) is 80.6 Å². The number of carbonyl (C=O) groups excluding carboxylic acids is 3. The van der Waals surface area contributed by atoms with Crippen molar-refractivity contribution in [3.05, 3.63) is 69.7 Å². The van der Waals surface area contributed by atoms with Crippen molar-refractivity contribution in [1.82, 2.24) is 10.2 Å². The lowest BCUT2D eigenvalue weighted by Crippen LogP contribution is -2.63. The molecule has 0 aromatic heterocycles. The van der Waals surface area contributed by atoms with Gasteiger partial charge in [-0.1, -0.05) is 12.1 Å². The van der Waals surface area contributed by atoms with E-state index < -0.39 is 58.0 Å². The second-order valence-electron chi connectivity index (χ2n) is 12.1. The van der Waals surface area contributed by atoms with E-state index in [4.69, 9.17) is 10.5 Å². The first-order valence-corrected chi connectivity index (χ1v) is 14.3. The van der Waals surface area contributed by atoms with E-state index in [0.717, 1.165) is 24.0 Å². The van der Waals surface area contributed by atoms with E-state index in [0.29, 0.717) is 29.5 Å². The van der Waals surface area contributed by atoms with E-state index in [1.54, 1.807) is 27.3 Å². The van der Waals surface area contributed by atoms with Gasteiger partial charge < -0.3 is 36.2 Å². The highest BCUT2D eigenvalue weighted by Gasteiger charge is 2.63. The number of rotatable bonds is 7. The Morgan fingerprint density at radius 2 is 1.84 bits per heavy atom. The third-order valence-corrected chi connectivity index (χ3v) is 9.33. The molecule has 0 radical (unpaired) electrons. The Labute approximate surface area is 248 Å². The van der Waals surface area contributed by atoms with Crippen LogP contribution in [0.15, 0.2) is 53.0 Å². The van der Waals surface area contributed by atoms with Gasteiger partial charge in [0.15, 0.2) is 11.4 Å². The first-order chi connectivity index (χ1) is 20.4. The summed E-state index contributed by atoms with van der Waals surface area (Å²) >= 11 is 0. The number of amides is 1. The number of nitrogens with two attached hydrogens (primary N) is 1. The summed E-state index contributed by atoms with van der Waals surface area (Å²) in [6.45, 7) is 0.661. The molecule has 4 aliphatic rings. The number of allylic oxidation sites excluding steroid dienone is 1. The molecular formula is C32H35N3O8. The second-order valence-corrected chi connectivity index (χ2v) is 12.1. The summed E-state index contributed by atoms with van der Waals surface area (Å²) in [6, 6.07) is 8.41. The smallest absolute Gasteiger partial charge is 0.255 e. The zero-order valence-corrected chi connectivity index (χ0v) is 24.2. The van der Waals surface area contributed by atoms with Crippen molar-refractivity contribution in [2.75, 3.05) is 21.2 Å². The van der Waals surface area contributed by atoms with Crippen LogP contribution in [-0.4, -0.2) is 81.7 Å². The number of aromatic hydroxyl groups is 1. The summed E-state index contributed by atoms with van der Waals surface area (Å²) in [5, 5.41) is 48.7. The predicted molar refractivity (Wildman–Crippen MR) is 156 cm³/mol. The van der Waals surface area contributed by atoms with Crippen LogP contribution >= 0.6 is 0 Å². The van der Waals surface area contributed by atoms with Crippen LogP contribution in [0.4, 0.5) is 0 Å². The minimum Gasteiger partial charge on any atom is -0.510 e. The number of fused-ring (bicyclic) bond motifs is 3. The molecule has 11 heteroatoms. The zero-order valence-electron chi connectivity index (χ0n) is 24.2. The molecular weight excluding hydrogens is 554 g/mol. The zero-order chi connectivity index (χ0) is 31.0. The van der Waals surface area contributed by atoms with Gasteiger partial charge in [-0.15, -0.1) is 0 Å². The predicted octanol–water partition coefficient (Wildman–Crippen LogP) is 2.05. The quantitative estimate of drug-likeness (QED) is 0.261. The van der Waals surface area contributed by atoms with Crippen LogP contribution in [0.3, 0.4) is 0 Å². The molecule has 2 aromatic rings. The number of aliphatic hydroxyl groups excluding tert-OH is 2. The molecule has 226 valence electrons. The van der Waals surface area contributed by atoms with Gasteiger partial charge in [0.1, 0.15) is 28.6 Å². The van der Waals surface area contributed by atoms with Crippen molar-refractivity contribution < 1.29 is 39.5 Å². The SMILES string of the molecule is COc1ccc(CNC2CC2)cc1-c1ccc(O)c2c1C[C@H]1C[C@H]3[C@H](N(C)C)C(O)=C(C(N)=O)C(=O)[C@@]3(O)C(O)=C1C2=O. The fourth-order valence-electron chi connectivity index (χ4n) is 7.13. The Hall–Kier alpha value is -4.19. The van der Waals surface area contributed by atoms with Gasteiger partial charge >= 0.3 is 0 Å². The molecule has 0 saturated heterocycles. The molecule has 0 bridgehead atoms. The van der Waals surface area contributed by atoms with Crippen molar-refractivity contribution in [3.63, 3.8) is 0 Å².